The smallest absolute Gasteiger partial charge is 0.237 e. The van der Waals surface area contributed by atoms with Crippen LogP contribution in [-0.4, -0.2) is 41.9 Å². The first-order valence-corrected chi connectivity index (χ1v) is 9.99. The Morgan fingerprint density at radius 1 is 1.12 bits per heavy atom. The molecule has 0 radical (unpaired) electrons. The highest BCUT2D eigenvalue weighted by Crippen LogP contribution is 2.33. The molecule has 1 aromatic carbocycles. The highest BCUT2D eigenvalue weighted by Gasteiger charge is 2.36. The van der Waals surface area contributed by atoms with E-state index in [4.69, 9.17) is 0 Å². The second-order valence-electron chi connectivity index (χ2n) is 7.55. The van der Waals surface area contributed by atoms with Gasteiger partial charge in [0.05, 0.1) is 12.6 Å². The number of benzene rings is 1. The van der Waals surface area contributed by atoms with Crippen LogP contribution in [-0.2, 0) is 11.2 Å². The number of halogens is 2. The van der Waals surface area contributed by atoms with Gasteiger partial charge in [-0.25, -0.2) is 4.39 Å². The summed E-state index contributed by atoms with van der Waals surface area (Å²) in [4.78, 5) is 16.8. The van der Waals surface area contributed by atoms with Gasteiger partial charge in [-0.15, -0.1) is 12.4 Å². The number of carbonyl (C=O) groups is 1. The first-order valence-electron chi connectivity index (χ1n) is 9.99. The molecule has 0 N–H and O–H groups in total. The van der Waals surface area contributed by atoms with Crippen molar-refractivity contribution >= 4 is 18.3 Å². The summed E-state index contributed by atoms with van der Waals surface area (Å²) in [6.45, 7) is 5.36. The van der Waals surface area contributed by atoms with Crippen molar-refractivity contribution in [3.63, 3.8) is 0 Å². The molecule has 3 nitrogen and oxygen atoms in total. The molecule has 1 unspecified atom stereocenters. The van der Waals surface area contributed by atoms with E-state index in [0.29, 0.717) is 6.54 Å². The average Bonchev–Trinajstić information content (AvgIpc) is 2.61. The lowest BCUT2D eigenvalue weighted by Crippen LogP contribution is -2.54. The van der Waals surface area contributed by atoms with Crippen molar-refractivity contribution in [3.8, 4) is 0 Å². The van der Waals surface area contributed by atoms with Crippen molar-refractivity contribution in [2.45, 2.75) is 64.3 Å². The summed E-state index contributed by atoms with van der Waals surface area (Å²) in [5, 5.41) is 0. The molecule has 0 saturated carbocycles. The maximum atomic E-state index is 13.7. The van der Waals surface area contributed by atoms with Crippen molar-refractivity contribution in [2.24, 2.45) is 0 Å². The zero-order valence-corrected chi connectivity index (χ0v) is 16.7. The van der Waals surface area contributed by atoms with E-state index >= 15 is 0 Å². The molecule has 2 aliphatic heterocycles. The molecule has 26 heavy (non-hydrogen) atoms. The van der Waals surface area contributed by atoms with Gasteiger partial charge in [-0.05, 0) is 42.6 Å². The van der Waals surface area contributed by atoms with Crippen LogP contribution in [0.25, 0.3) is 0 Å². The van der Waals surface area contributed by atoms with Crippen LogP contribution in [0.1, 0.15) is 69.0 Å². The second-order valence-corrected chi connectivity index (χ2v) is 7.55. The molecule has 5 heteroatoms. The molecule has 1 fully saturated rings. The first-order chi connectivity index (χ1) is 12.2. The normalized spacial score (nSPS) is 19.7. The average molecular weight is 383 g/mol. The van der Waals surface area contributed by atoms with Gasteiger partial charge in [0.2, 0.25) is 5.91 Å². The third-order valence-corrected chi connectivity index (χ3v) is 5.65. The van der Waals surface area contributed by atoms with Crippen molar-refractivity contribution in [2.75, 3.05) is 26.2 Å². The lowest BCUT2D eigenvalue weighted by molar-refractivity contribution is -0.140. The van der Waals surface area contributed by atoms with Crippen LogP contribution >= 0.6 is 12.4 Å². The van der Waals surface area contributed by atoms with E-state index < -0.39 is 0 Å². The minimum absolute atomic E-state index is 0. The largest absolute Gasteiger partial charge is 0.333 e. The molecule has 1 amide bonds. The van der Waals surface area contributed by atoms with Crippen LogP contribution in [0.4, 0.5) is 4.39 Å². The predicted molar refractivity (Wildman–Crippen MR) is 106 cm³/mol. The van der Waals surface area contributed by atoms with Crippen molar-refractivity contribution in [1.29, 1.82) is 0 Å². The summed E-state index contributed by atoms with van der Waals surface area (Å²) < 4.78 is 13.7. The molecular formula is C21H32ClFN2O. The molecular weight excluding hydrogens is 351 g/mol. The topological polar surface area (TPSA) is 23.6 Å². The van der Waals surface area contributed by atoms with E-state index in [1.165, 1.54) is 50.2 Å². The zero-order valence-electron chi connectivity index (χ0n) is 15.9. The maximum absolute atomic E-state index is 13.7. The number of fused-ring (bicyclic) bond motifs is 3. The predicted octanol–water partition coefficient (Wildman–Crippen LogP) is 4.74. The third kappa shape index (κ3) is 5.20. The Kier molecular flexibility index (Phi) is 8.36. The van der Waals surface area contributed by atoms with Crippen molar-refractivity contribution in [3.05, 3.63) is 35.1 Å². The maximum Gasteiger partial charge on any atom is 0.237 e. The van der Waals surface area contributed by atoms with Gasteiger partial charge in [0.15, 0.2) is 0 Å². The SMILES string of the molecule is CCCCCCCCCN1CC(=O)N2CCc3ccc(F)cc3C2C1.Cl. The van der Waals surface area contributed by atoms with E-state index in [1.807, 2.05) is 11.0 Å². The summed E-state index contributed by atoms with van der Waals surface area (Å²) in [5.41, 5.74) is 2.22. The van der Waals surface area contributed by atoms with Crippen LogP contribution in [0.5, 0.6) is 0 Å². The minimum Gasteiger partial charge on any atom is -0.333 e. The fourth-order valence-electron chi connectivity index (χ4n) is 4.22. The van der Waals surface area contributed by atoms with E-state index in [2.05, 4.69) is 11.8 Å². The summed E-state index contributed by atoms with van der Waals surface area (Å²) in [6, 6.07) is 5.10. The summed E-state index contributed by atoms with van der Waals surface area (Å²) in [5.74, 6) is 0.00589. The molecule has 1 aromatic rings. The molecule has 0 spiro atoms. The Morgan fingerprint density at radius 2 is 1.85 bits per heavy atom. The monoisotopic (exact) mass is 382 g/mol. The third-order valence-electron chi connectivity index (χ3n) is 5.65. The molecule has 2 aliphatic rings. The molecule has 0 aliphatic carbocycles. The summed E-state index contributed by atoms with van der Waals surface area (Å²) in [6.07, 6.45) is 9.84. The number of amides is 1. The fourth-order valence-corrected chi connectivity index (χ4v) is 4.22. The zero-order chi connectivity index (χ0) is 17.6. The molecule has 3 rings (SSSR count). The van der Waals surface area contributed by atoms with E-state index in [1.54, 1.807) is 6.07 Å². The quantitative estimate of drug-likeness (QED) is 0.606. The van der Waals surface area contributed by atoms with E-state index in [9.17, 15) is 9.18 Å². The molecule has 1 atom stereocenters. The van der Waals surface area contributed by atoms with Crippen molar-refractivity contribution in [1.82, 2.24) is 9.80 Å². The molecule has 146 valence electrons. The van der Waals surface area contributed by atoms with Gasteiger partial charge in [-0.2, -0.15) is 0 Å². The van der Waals surface area contributed by atoms with Crippen LogP contribution < -0.4 is 0 Å². The van der Waals surface area contributed by atoms with Crippen LogP contribution in [0.2, 0.25) is 0 Å². The van der Waals surface area contributed by atoms with Crippen LogP contribution in [0.15, 0.2) is 18.2 Å². The molecule has 2 heterocycles. The Morgan fingerprint density at radius 3 is 2.62 bits per heavy atom. The van der Waals surface area contributed by atoms with E-state index in [-0.39, 0.29) is 30.2 Å². The lowest BCUT2D eigenvalue weighted by atomic mass is 9.90. The van der Waals surface area contributed by atoms with E-state index in [0.717, 1.165) is 38.0 Å². The van der Waals surface area contributed by atoms with Gasteiger partial charge in [-0.1, -0.05) is 51.5 Å². The van der Waals surface area contributed by atoms with Crippen molar-refractivity contribution < 1.29 is 9.18 Å². The molecule has 1 saturated heterocycles. The minimum atomic E-state index is -0.197. The number of nitrogens with zero attached hydrogens (tertiary/aromatic N) is 2. The second kappa shape index (κ2) is 10.3. The fraction of sp³-hybridized carbons (Fsp3) is 0.667. The number of carbonyl (C=O) groups excluding carboxylic acids is 1. The summed E-state index contributed by atoms with van der Waals surface area (Å²) in [7, 11) is 0. The van der Waals surface area contributed by atoms with Gasteiger partial charge >= 0.3 is 0 Å². The van der Waals surface area contributed by atoms with Crippen LogP contribution in [0, 0.1) is 5.82 Å². The van der Waals surface area contributed by atoms with Gasteiger partial charge in [0.25, 0.3) is 0 Å². The van der Waals surface area contributed by atoms with Gasteiger partial charge < -0.3 is 4.90 Å². The Balaban J connectivity index is 0.00000243. The highest BCUT2D eigenvalue weighted by atomic mass is 35.5. The Hall–Kier alpha value is -1.13. The molecule has 0 bridgehead atoms. The number of piperazine rings is 1. The Bertz CT molecular complexity index is 595. The van der Waals surface area contributed by atoms with Crippen LogP contribution in [0.3, 0.4) is 0 Å². The van der Waals surface area contributed by atoms with Gasteiger partial charge in [0.1, 0.15) is 5.82 Å². The summed E-state index contributed by atoms with van der Waals surface area (Å²) >= 11 is 0. The Labute approximate surface area is 163 Å². The molecule has 0 aromatic heterocycles. The lowest BCUT2D eigenvalue weighted by Gasteiger charge is -2.44. The standard InChI is InChI=1S/C21H31FN2O.ClH/c1-2-3-4-5-6-7-8-12-23-15-20-19-14-18(22)10-9-17(19)11-13-24(20)21(25)16-23;/h9-10,14,20H,2-8,11-13,15-16H2,1H3;1H. The van der Waals surface area contributed by atoms with Gasteiger partial charge in [-0.3, -0.25) is 9.69 Å². The number of unbranched alkanes of at least 4 members (excludes halogenated alkanes) is 6. The number of rotatable bonds is 8. The number of hydrogen-bond acceptors (Lipinski definition) is 2. The van der Waals surface area contributed by atoms with Gasteiger partial charge in [0, 0.05) is 13.1 Å². The highest BCUT2D eigenvalue weighted by molar-refractivity contribution is 5.85. The number of hydrogen-bond donors (Lipinski definition) is 0. The first kappa shape index (κ1) is 21.2.